The highest BCUT2D eigenvalue weighted by Gasteiger charge is 1.62. The number of carbonyl (C=O) groups is 1. The fraction of sp³-hybridized carbons (Fsp3) is 0.900. The number of hydrogen-bond acceptors (Lipinski definition) is 4. The summed E-state index contributed by atoms with van der Waals surface area (Å²) >= 11 is 1.75. The first-order valence-electron chi connectivity index (χ1n) is 4.18. The van der Waals surface area contributed by atoms with Gasteiger partial charge in [0.2, 0.25) is 0 Å². The molecule has 0 aliphatic carbocycles. The van der Waals surface area contributed by atoms with E-state index in [0.717, 1.165) is 0 Å². The summed E-state index contributed by atoms with van der Waals surface area (Å²) in [7, 11) is 9.25. The van der Waals surface area contributed by atoms with Gasteiger partial charge in [-0.15, -0.1) is 0 Å². The van der Waals surface area contributed by atoms with Crippen molar-refractivity contribution in [3.05, 3.63) is 0 Å². The molecular formula is C10H27NO2S. The van der Waals surface area contributed by atoms with E-state index in [0.29, 0.717) is 0 Å². The van der Waals surface area contributed by atoms with Crippen LogP contribution in [0.3, 0.4) is 0 Å². The highest BCUT2D eigenvalue weighted by Crippen LogP contribution is 1.70. The summed E-state index contributed by atoms with van der Waals surface area (Å²) in [5, 5.41) is 0. The molecule has 0 atom stereocenters. The van der Waals surface area contributed by atoms with E-state index in [1.54, 1.807) is 26.0 Å². The van der Waals surface area contributed by atoms with E-state index in [1.165, 1.54) is 13.8 Å². The molecule has 3 nitrogen and oxygen atoms in total. The maximum absolute atomic E-state index is 9.44. The lowest BCUT2D eigenvalue weighted by Crippen LogP contribution is -1.99. The second-order valence-corrected chi connectivity index (χ2v) is 3.88. The van der Waals surface area contributed by atoms with Crippen LogP contribution < -0.4 is 0 Å². The van der Waals surface area contributed by atoms with Gasteiger partial charge in [-0.3, -0.25) is 0 Å². The molecule has 0 rings (SSSR count). The molecule has 0 aliphatic heterocycles. The van der Waals surface area contributed by atoms with Crippen molar-refractivity contribution >= 4 is 17.5 Å². The Balaban J connectivity index is -0.0000000482. The fourth-order valence-electron chi connectivity index (χ4n) is 0. The summed E-state index contributed by atoms with van der Waals surface area (Å²) in [6.45, 7) is 3.06. The molecule has 0 saturated heterocycles. The molecular weight excluding hydrogens is 198 g/mol. The molecule has 0 heterocycles. The SMILES string of the molecule is CC(C)=O.CN(C)C.COC.CSC. The highest BCUT2D eigenvalue weighted by molar-refractivity contribution is 7.97. The van der Waals surface area contributed by atoms with E-state index >= 15 is 0 Å². The maximum atomic E-state index is 9.44. The number of methoxy groups -OCH3 is 1. The van der Waals surface area contributed by atoms with Gasteiger partial charge in [0.05, 0.1) is 0 Å². The van der Waals surface area contributed by atoms with Gasteiger partial charge in [-0.05, 0) is 47.5 Å². The largest absolute Gasteiger partial charge is 0.388 e. The Kier molecular flexibility index (Phi) is 49.4. The van der Waals surface area contributed by atoms with Crippen LogP contribution in [-0.2, 0) is 9.53 Å². The molecule has 4 heteroatoms. The minimum absolute atomic E-state index is 0.167. The molecule has 0 aromatic rings. The Morgan fingerprint density at radius 1 is 1.07 bits per heavy atom. The predicted molar refractivity (Wildman–Crippen MR) is 68.3 cm³/mol. The summed E-state index contributed by atoms with van der Waals surface area (Å²) in [4.78, 5) is 11.4. The number of rotatable bonds is 0. The normalized spacial score (nSPS) is 7.00. The predicted octanol–water partition coefficient (Wildman–Crippen LogP) is 2.01. The van der Waals surface area contributed by atoms with Gasteiger partial charge < -0.3 is 14.4 Å². The molecule has 0 fully saturated rings. The zero-order chi connectivity index (χ0) is 12.6. The van der Waals surface area contributed by atoms with Crippen LogP contribution in [0.2, 0.25) is 0 Å². The summed E-state index contributed by atoms with van der Waals surface area (Å²) in [6, 6.07) is 0. The average molecular weight is 225 g/mol. The summed E-state index contributed by atoms with van der Waals surface area (Å²) in [5.74, 6) is 0.167. The van der Waals surface area contributed by atoms with Crippen LogP contribution in [-0.4, -0.2) is 58.6 Å². The number of carbonyl (C=O) groups excluding carboxylic acids is 1. The van der Waals surface area contributed by atoms with Gasteiger partial charge in [0, 0.05) is 14.2 Å². The summed E-state index contributed by atoms with van der Waals surface area (Å²) in [5.41, 5.74) is 0. The van der Waals surface area contributed by atoms with Gasteiger partial charge in [0.25, 0.3) is 0 Å². The van der Waals surface area contributed by atoms with Crippen molar-refractivity contribution in [1.82, 2.24) is 4.90 Å². The van der Waals surface area contributed by atoms with Crippen LogP contribution in [0.4, 0.5) is 0 Å². The van der Waals surface area contributed by atoms with E-state index in [-0.39, 0.29) is 5.78 Å². The minimum Gasteiger partial charge on any atom is -0.388 e. The van der Waals surface area contributed by atoms with Crippen LogP contribution in [0.1, 0.15) is 13.8 Å². The lowest BCUT2D eigenvalue weighted by atomic mass is 10.6. The molecule has 0 N–H and O–H groups in total. The zero-order valence-corrected chi connectivity index (χ0v) is 12.0. The van der Waals surface area contributed by atoms with Crippen LogP contribution in [0.5, 0.6) is 0 Å². The highest BCUT2D eigenvalue weighted by atomic mass is 32.2. The van der Waals surface area contributed by atoms with Crippen molar-refractivity contribution in [2.24, 2.45) is 0 Å². The lowest BCUT2D eigenvalue weighted by molar-refractivity contribution is -0.114. The van der Waals surface area contributed by atoms with Crippen molar-refractivity contribution in [3.8, 4) is 0 Å². The van der Waals surface area contributed by atoms with Gasteiger partial charge in [-0.2, -0.15) is 11.8 Å². The monoisotopic (exact) mass is 225 g/mol. The van der Waals surface area contributed by atoms with Gasteiger partial charge in [0.15, 0.2) is 0 Å². The van der Waals surface area contributed by atoms with Crippen LogP contribution >= 0.6 is 11.8 Å². The number of hydrogen-bond donors (Lipinski definition) is 0. The van der Waals surface area contributed by atoms with Gasteiger partial charge in [0.1, 0.15) is 5.78 Å². The van der Waals surface area contributed by atoms with Crippen molar-refractivity contribution in [3.63, 3.8) is 0 Å². The Bertz CT molecular complexity index is 79.4. The first kappa shape index (κ1) is 23.6. The molecule has 0 amide bonds. The Hall–Kier alpha value is -0.0600. The van der Waals surface area contributed by atoms with Crippen LogP contribution in [0.15, 0.2) is 0 Å². The zero-order valence-electron chi connectivity index (χ0n) is 11.2. The summed E-state index contributed by atoms with van der Waals surface area (Å²) < 4.78 is 4.25. The fourth-order valence-corrected chi connectivity index (χ4v) is 0. The third-order valence-corrected chi connectivity index (χ3v) is 0. The second kappa shape index (κ2) is 29.3. The standard InChI is InChI=1S/C3H9N.C3H6O.C2H6O.C2H6S/c1-4(2)3;1-3(2)4;2*1-3-2/h1-3H3;1-2H3;2*1-2H3. The molecule has 0 bridgehead atoms. The first-order valence-corrected chi connectivity index (χ1v) is 5.81. The quantitative estimate of drug-likeness (QED) is 0.631. The van der Waals surface area contributed by atoms with E-state index < -0.39 is 0 Å². The molecule has 0 spiro atoms. The molecule has 0 aromatic heterocycles. The van der Waals surface area contributed by atoms with Crippen molar-refractivity contribution in [2.45, 2.75) is 13.8 Å². The Labute approximate surface area is 94.2 Å². The van der Waals surface area contributed by atoms with Gasteiger partial charge in [-0.25, -0.2) is 0 Å². The van der Waals surface area contributed by atoms with E-state index in [1.807, 2.05) is 38.6 Å². The lowest BCUT2D eigenvalue weighted by Gasteiger charge is -1.90. The van der Waals surface area contributed by atoms with Crippen molar-refractivity contribution in [2.75, 3.05) is 47.9 Å². The number of Topliss-reactive ketones (excluding diaryl/α,β-unsaturated/α-hetero) is 1. The maximum Gasteiger partial charge on any atom is 0.126 e. The molecule has 0 saturated carbocycles. The van der Waals surface area contributed by atoms with Crippen molar-refractivity contribution in [1.29, 1.82) is 0 Å². The summed E-state index contributed by atoms with van der Waals surface area (Å²) in [6.07, 6.45) is 4.08. The van der Waals surface area contributed by atoms with Crippen molar-refractivity contribution < 1.29 is 9.53 Å². The average Bonchev–Trinajstić information content (AvgIpc) is 1.85. The number of ether oxygens (including phenoxy) is 1. The van der Waals surface area contributed by atoms with Gasteiger partial charge >= 0.3 is 0 Å². The molecule has 0 radical (unpaired) electrons. The van der Waals surface area contributed by atoms with Gasteiger partial charge in [-0.1, -0.05) is 0 Å². The molecule has 0 aliphatic rings. The molecule has 14 heavy (non-hydrogen) atoms. The third kappa shape index (κ3) is 397000. The topological polar surface area (TPSA) is 29.5 Å². The Morgan fingerprint density at radius 3 is 1.07 bits per heavy atom. The Morgan fingerprint density at radius 2 is 1.07 bits per heavy atom. The molecule has 0 unspecified atom stereocenters. The number of ketones is 1. The minimum atomic E-state index is 0.167. The van der Waals surface area contributed by atoms with Crippen LogP contribution in [0, 0.1) is 0 Å². The van der Waals surface area contributed by atoms with E-state index in [2.05, 4.69) is 4.74 Å². The second-order valence-electron chi connectivity index (χ2n) is 3.07. The van der Waals surface area contributed by atoms with E-state index in [4.69, 9.17) is 0 Å². The van der Waals surface area contributed by atoms with Crippen LogP contribution in [0.25, 0.3) is 0 Å². The third-order valence-electron chi connectivity index (χ3n) is 0. The smallest absolute Gasteiger partial charge is 0.126 e. The molecule has 90 valence electrons. The number of thioether (sulfide) groups is 1. The molecule has 0 aromatic carbocycles. The van der Waals surface area contributed by atoms with E-state index in [9.17, 15) is 4.79 Å². The first-order chi connectivity index (χ1) is 6.29. The number of nitrogens with zero attached hydrogens (tertiary/aromatic N) is 1.